The van der Waals surface area contributed by atoms with Crippen molar-refractivity contribution in [1.29, 1.82) is 0 Å². The fraction of sp³-hybridized carbons (Fsp3) is 0.583. The Kier molecular flexibility index (Phi) is 4.09. The van der Waals surface area contributed by atoms with Gasteiger partial charge < -0.3 is 16.4 Å². The van der Waals surface area contributed by atoms with Crippen LogP contribution in [0, 0.1) is 12.8 Å². The molecular formula is C12H18ClN5O. The summed E-state index contributed by atoms with van der Waals surface area (Å²) >= 11 is 5.87. The number of aromatic nitrogens is 2. The van der Waals surface area contributed by atoms with Gasteiger partial charge in [0.05, 0.1) is 11.4 Å². The minimum absolute atomic E-state index is 0.209. The number of carbonyl (C=O) groups excluding carboxylic acids is 1. The van der Waals surface area contributed by atoms with Crippen LogP contribution in [-0.2, 0) is 4.79 Å². The molecule has 1 fully saturated rings. The minimum atomic E-state index is -0.237. The predicted octanol–water partition coefficient (Wildman–Crippen LogP) is 1.11. The summed E-state index contributed by atoms with van der Waals surface area (Å²) < 4.78 is 0. The third-order valence-electron chi connectivity index (χ3n) is 3.49. The molecule has 4 N–H and O–H groups in total. The number of amides is 1. The Hall–Kier alpha value is -1.56. The quantitative estimate of drug-likeness (QED) is 0.810. The standard InChI is InChI=1S/C12H18ClN5O/c1-7-10(15)11(17-12(13)16-7)18-4-2-8(3-5-18)6-9(14)19/h8H,2-6,15H2,1H3,(H2,14,19). The first kappa shape index (κ1) is 13.9. The van der Waals surface area contributed by atoms with Gasteiger partial charge in [0.15, 0.2) is 5.82 Å². The van der Waals surface area contributed by atoms with E-state index in [4.69, 9.17) is 23.1 Å². The Bertz CT molecular complexity index is 485. The van der Waals surface area contributed by atoms with Crippen molar-refractivity contribution >= 4 is 29.0 Å². The minimum Gasteiger partial charge on any atom is -0.394 e. The van der Waals surface area contributed by atoms with E-state index in [1.54, 1.807) is 0 Å². The maximum atomic E-state index is 10.9. The summed E-state index contributed by atoms with van der Waals surface area (Å²) in [5, 5.41) is 0.209. The highest BCUT2D eigenvalue weighted by Gasteiger charge is 2.23. The normalized spacial score (nSPS) is 16.6. The van der Waals surface area contributed by atoms with Crippen LogP contribution in [0.3, 0.4) is 0 Å². The molecule has 0 aliphatic carbocycles. The fourth-order valence-electron chi connectivity index (χ4n) is 2.41. The number of nitrogens with two attached hydrogens (primary N) is 2. The lowest BCUT2D eigenvalue weighted by atomic mass is 9.93. The zero-order valence-corrected chi connectivity index (χ0v) is 11.7. The topological polar surface area (TPSA) is 98.1 Å². The summed E-state index contributed by atoms with van der Waals surface area (Å²) in [6, 6.07) is 0. The molecule has 6 nitrogen and oxygen atoms in total. The molecule has 1 aromatic rings. The SMILES string of the molecule is Cc1nc(Cl)nc(N2CCC(CC(N)=O)CC2)c1N. The van der Waals surface area contributed by atoms with Gasteiger partial charge in [-0.05, 0) is 37.3 Å². The second kappa shape index (κ2) is 5.61. The lowest BCUT2D eigenvalue weighted by Gasteiger charge is -2.33. The summed E-state index contributed by atoms with van der Waals surface area (Å²) in [7, 11) is 0. The number of nitrogen functional groups attached to an aromatic ring is 1. The number of primary amides is 1. The van der Waals surface area contributed by atoms with Crippen LogP contribution in [0.15, 0.2) is 0 Å². The van der Waals surface area contributed by atoms with Gasteiger partial charge in [-0.1, -0.05) is 0 Å². The van der Waals surface area contributed by atoms with Gasteiger partial charge in [-0.25, -0.2) is 4.98 Å². The Morgan fingerprint density at radius 2 is 2.05 bits per heavy atom. The number of nitrogens with zero attached hydrogens (tertiary/aromatic N) is 3. The van der Waals surface area contributed by atoms with Crippen LogP contribution >= 0.6 is 11.6 Å². The molecule has 0 atom stereocenters. The first-order valence-corrected chi connectivity index (χ1v) is 6.68. The maximum Gasteiger partial charge on any atom is 0.224 e. The van der Waals surface area contributed by atoms with Gasteiger partial charge in [0, 0.05) is 19.5 Å². The van der Waals surface area contributed by atoms with Gasteiger partial charge in [-0.3, -0.25) is 4.79 Å². The zero-order valence-electron chi connectivity index (χ0n) is 10.9. The van der Waals surface area contributed by atoms with E-state index >= 15 is 0 Å². The molecule has 0 aromatic carbocycles. The van der Waals surface area contributed by atoms with E-state index in [9.17, 15) is 4.79 Å². The first-order valence-electron chi connectivity index (χ1n) is 6.30. The number of aryl methyl sites for hydroxylation is 1. The van der Waals surface area contributed by atoms with Crippen molar-refractivity contribution in [3.05, 3.63) is 11.0 Å². The van der Waals surface area contributed by atoms with Gasteiger partial charge in [-0.2, -0.15) is 4.98 Å². The molecule has 0 radical (unpaired) electrons. The Morgan fingerprint density at radius 3 is 2.63 bits per heavy atom. The van der Waals surface area contributed by atoms with Crippen molar-refractivity contribution in [2.24, 2.45) is 11.7 Å². The van der Waals surface area contributed by atoms with Crippen LogP contribution in [0.5, 0.6) is 0 Å². The third kappa shape index (κ3) is 3.26. The third-order valence-corrected chi connectivity index (χ3v) is 3.66. The van der Waals surface area contributed by atoms with E-state index in [1.165, 1.54) is 0 Å². The van der Waals surface area contributed by atoms with Gasteiger partial charge >= 0.3 is 0 Å². The summed E-state index contributed by atoms with van der Waals surface area (Å²) in [4.78, 5) is 21.2. The van der Waals surface area contributed by atoms with Crippen LogP contribution in [0.2, 0.25) is 5.28 Å². The Morgan fingerprint density at radius 1 is 1.42 bits per heavy atom. The van der Waals surface area contributed by atoms with Crippen LogP contribution in [-0.4, -0.2) is 29.0 Å². The van der Waals surface area contributed by atoms with Gasteiger partial charge in [0.2, 0.25) is 11.2 Å². The van der Waals surface area contributed by atoms with E-state index in [1.807, 2.05) is 6.92 Å². The highest BCUT2D eigenvalue weighted by molar-refractivity contribution is 6.28. The monoisotopic (exact) mass is 283 g/mol. The second-order valence-corrected chi connectivity index (χ2v) is 5.25. The lowest BCUT2D eigenvalue weighted by molar-refractivity contribution is -0.119. The molecular weight excluding hydrogens is 266 g/mol. The van der Waals surface area contributed by atoms with E-state index in [-0.39, 0.29) is 11.2 Å². The highest BCUT2D eigenvalue weighted by Crippen LogP contribution is 2.29. The fourth-order valence-corrected chi connectivity index (χ4v) is 2.61. The first-order chi connectivity index (χ1) is 8.97. The van der Waals surface area contributed by atoms with E-state index in [0.29, 0.717) is 29.5 Å². The summed E-state index contributed by atoms with van der Waals surface area (Å²) in [5.74, 6) is 0.808. The smallest absolute Gasteiger partial charge is 0.224 e. The molecule has 2 heterocycles. The van der Waals surface area contributed by atoms with Gasteiger partial charge in [0.25, 0.3) is 0 Å². The van der Waals surface area contributed by atoms with Crippen molar-refractivity contribution in [2.75, 3.05) is 23.7 Å². The number of anilines is 2. The zero-order chi connectivity index (χ0) is 14.0. The number of hydrogen-bond donors (Lipinski definition) is 2. The summed E-state index contributed by atoms with van der Waals surface area (Å²) in [6.07, 6.45) is 2.26. The van der Waals surface area contributed by atoms with Crippen molar-refractivity contribution in [1.82, 2.24) is 9.97 Å². The molecule has 1 aromatic heterocycles. The molecule has 1 aliphatic rings. The maximum absolute atomic E-state index is 10.9. The molecule has 1 saturated heterocycles. The predicted molar refractivity (Wildman–Crippen MR) is 74.9 cm³/mol. The van der Waals surface area contributed by atoms with E-state index < -0.39 is 0 Å². The number of hydrogen-bond acceptors (Lipinski definition) is 5. The number of rotatable bonds is 3. The largest absolute Gasteiger partial charge is 0.394 e. The summed E-state index contributed by atoms with van der Waals surface area (Å²) in [6.45, 7) is 3.41. The molecule has 1 aliphatic heterocycles. The van der Waals surface area contributed by atoms with Crippen LogP contribution in [0.25, 0.3) is 0 Å². The lowest BCUT2D eigenvalue weighted by Crippen LogP contribution is -2.36. The second-order valence-electron chi connectivity index (χ2n) is 4.92. The number of piperidine rings is 1. The molecule has 0 saturated carbocycles. The van der Waals surface area contributed by atoms with Crippen LogP contribution in [0.4, 0.5) is 11.5 Å². The van der Waals surface area contributed by atoms with Gasteiger partial charge in [-0.15, -0.1) is 0 Å². The number of carbonyl (C=O) groups is 1. The molecule has 7 heteroatoms. The van der Waals surface area contributed by atoms with Crippen LogP contribution < -0.4 is 16.4 Å². The molecule has 0 spiro atoms. The van der Waals surface area contributed by atoms with Crippen molar-refractivity contribution < 1.29 is 4.79 Å². The van der Waals surface area contributed by atoms with Crippen LogP contribution in [0.1, 0.15) is 25.0 Å². The van der Waals surface area contributed by atoms with Crippen molar-refractivity contribution in [2.45, 2.75) is 26.2 Å². The Balaban J connectivity index is 2.07. The molecule has 19 heavy (non-hydrogen) atoms. The molecule has 0 unspecified atom stereocenters. The van der Waals surface area contributed by atoms with Gasteiger partial charge in [0.1, 0.15) is 0 Å². The van der Waals surface area contributed by atoms with E-state index in [2.05, 4.69) is 14.9 Å². The van der Waals surface area contributed by atoms with Crippen molar-refractivity contribution in [3.8, 4) is 0 Å². The van der Waals surface area contributed by atoms with Crippen molar-refractivity contribution in [3.63, 3.8) is 0 Å². The molecule has 2 rings (SSSR count). The molecule has 1 amide bonds. The Labute approximate surface area is 117 Å². The van der Waals surface area contributed by atoms with E-state index in [0.717, 1.165) is 25.9 Å². The highest BCUT2D eigenvalue weighted by atomic mass is 35.5. The summed E-state index contributed by atoms with van der Waals surface area (Å²) in [5.41, 5.74) is 12.5. The molecule has 0 bridgehead atoms. The number of halogens is 1. The average molecular weight is 284 g/mol. The average Bonchev–Trinajstić information content (AvgIpc) is 2.34. The molecule has 104 valence electrons.